The molecule has 154 valence electrons. The molecule has 2 atom stereocenters. The van der Waals surface area contributed by atoms with Crippen molar-refractivity contribution < 1.29 is 14.3 Å². The fourth-order valence-electron chi connectivity index (χ4n) is 5.65. The summed E-state index contributed by atoms with van der Waals surface area (Å²) in [5.41, 5.74) is 3.46. The molecular formula is C22H33N3O3. The van der Waals surface area contributed by atoms with Crippen molar-refractivity contribution >= 4 is 17.5 Å². The van der Waals surface area contributed by atoms with Gasteiger partial charge in [-0.3, -0.25) is 14.5 Å². The molecule has 2 heterocycles. The number of nitrogens with zero attached hydrogens (tertiary/aromatic N) is 1. The number of hydrogen-bond acceptors (Lipinski definition) is 4. The van der Waals surface area contributed by atoms with Crippen LogP contribution < -0.4 is 16.0 Å². The fourth-order valence-corrected chi connectivity index (χ4v) is 5.65. The fraction of sp³-hybridized carbons (Fsp3) is 0.636. The highest BCUT2D eigenvalue weighted by Gasteiger charge is 2.70. The highest BCUT2D eigenvalue weighted by molar-refractivity contribution is 6.06. The number of para-hydroxylation sites is 1. The summed E-state index contributed by atoms with van der Waals surface area (Å²) in [7, 11) is 0. The predicted molar refractivity (Wildman–Crippen MR) is 110 cm³/mol. The SMILES string of the molecule is CCC1(CC)OC2(CC(C)(C)NC(C)(C)C2C(N)=O)C(=O)N1c1ccccc1. The molecule has 1 spiro atoms. The predicted octanol–water partition coefficient (Wildman–Crippen LogP) is 2.96. The summed E-state index contributed by atoms with van der Waals surface area (Å²) >= 11 is 0. The van der Waals surface area contributed by atoms with Gasteiger partial charge in [0.15, 0.2) is 5.60 Å². The topological polar surface area (TPSA) is 84.7 Å². The molecule has 0 bridgehead atoms. The number of primary amides is 1. The van der Waals surface area contributed by atoms with Crippen LogP contribution in [0.15, 0.2) is 30.3 Å². The van der Waals surface area contributed by atoms with Crippen LogP contribution in [0.4, 0.5) is 5.69 Å². The number of anilines is 1. The minimum Gasteiger partial charge on any atom is -0.369 e. The number of hydrogen-bond donors (Lipinski definition) is 2. The number of piperidine rings is 1. The second kappa shape index (κ2) is 6.56. The van der Waals surface area contributed by atoms with Crippen molar-refractivity contribution in [3.63, 3.8) is 0 Å². The quantitative estimate of drug-likeness (QED) is 0.832. The van der Waals surface area contributed by atoms with Gasteiger partial charge in [-0.2, -0.15) is 0 Å². The van der Waals surface area contributed by atoms with Crippen LogP contribution in [0, 0.1) is 5.92 Å². The van der Waals surface area contributed by atoms with Crippen LogP contribution in [-0.4, -0.2) is 34.2 Å². The highest BCUT2D eigenvalue weighted by atomic mass is 16.6. The first-order valence-electron chi connectivity index (χ1n) is 10.1. The first kappa shape index (κ1) is 20.8. The molecule has 6 heteroatoms. The summed E-state index contributed by atoms with van der Waals surface area (Å²) in [6.07, 6.45) is 1.61. The molecule has 6 nitrogen and oxygen atoms in total. The molecule has 0 aliphatic carbocycles. The third kappa shape index (κ3) is 2.94. The largest absolute Gasteiger partial charge is 0.369 e. The van der Waals surface area contributed by atoms with Crippen LogP contribution in [0.5, 0.6) is 0 Å². The Kier molecular flexibility index (Phi) is 4.88. The van der Waals surface area contributed by atoms with Crippen LogP contribution in [0.1, 0.15) is 60.8 Å². The van der Waals surface area contributed by atoms with E-state index in [1.54, 1.807) is 4.90 Å². The van der Waals surface area contributed by atoms with Gasteiger partial charge in [-0.05, 0) is 52.7 Å². The lowest BCUT2D eigenvalue weighted by Gasteiger charge is -2.54. The summed E-state index contributed by atoms with van der Waals surface area (Å²) in [6, 6.07) is 9.56. The minimum atomic E-state index is -1.30. The molecule has 28 heavy (non-hydrogen) atoms. The van der Waals surface area contributed by atoms with E-state index in [1.165, 1.54) is 0 Å². The first-order valence-corrected chi connectivity index (χ1v) is 10.1. The number of amides is 2. The lowest BCUT2D eigenvalue weighted by Crippen LogP contribution is -2.74. The Morgan fingerprint density at radius 2 is 1.75 bits per heavy atom. The number of nitrogens with two attached hydrogens (primary N) is 1. The van der Waals surface area contributed by atoms with Crippen molar-refractivity contribution in [1.82, 2.24) is 5.32 Å². The Morgan fingerprint density at radius 1 is 1.18 bits per heavy atom. The Balaban J connectivity index is 2.24. The van der Waals surface area contributed by atoms with Gasteiger partial charge < -0.3 is 15.8 Å². The summed E-state index contributed by atoms with van der Waals surface area (Å²) in [5, 5.41) is 3.50. The zero-order valence-corrected chi connectivity index (χ0v) is 17.8. The molecular weight excluding hydrogens is 354 g/mol. The van der Waals surface area contributed by atoms with E-state index in [0.29, 0.717) is 19.3 Å². The summed E-state index contributed by atoms with van der Waals surface area (Å²) in [6.45, 7) is 12.0. The van der Waals surface area contributed by atoms with E-state index in [-0.39, 0.29) is 5.91 Å². The van der Waals surface area contributed by atoms with Crippen molar-refractivity contribution in [3.05, 3.63) is 30.3 Å². The third-order valence-corrected chi connectivity index (χ3v) is 6.30. The van der Waals surface area contributed by atoms with Gasteiger partial charge in [0.2, 0.25) is 5.91 Å². The van der Waals surface area contributed by atoms with Gasteiger partial charge in [0, 0.05) is 23.2 Å². The van der Waals surface area contributed by atoms with E-state index in [2.05, 4.69) is 5.32 Å². The Morgan fingerprint density at radius 3 is 2.25 bits per heavy atom. The average Bonchev–Trinajstić information content (AvgIpc) is 2.81. The van der Waals surface area contributed by atoms with Crippen molar-refractivity contribution in [1.29, 1.82) is 0 Å². The van der Waals surface area contributed by atoms with Crippen molar-refractivity contribution in [2.75, 3.05) is 4.90 Å². The molecule has 0 radical (unpaired) electrons. The van der Waals surface area contributed by atoms with Gasteiger partial charge in [0.1, 0.15) is 5.72 Å². The Bertz CT molecular complexity index is 770. The smallest absolute Gasteiger partial charge is 0.262 e. The molecule has 3 rings (SSSR count). The molecule has 2 saturated heterocycles. The van der Waals surface area contributed by atoms with Gasteiger partial charge in [-0.1, -0.05) is 32.0 Å². The highest BCUT2D eigenvalue weighted by Crippen LogP contribution is 2.53. The minimum absolute atomic E-state index is 0.172. The standard InChI is InChI=1S/C22H33N3O3/c1-7-21(8-2)25(15-12-10-9-11-13-15)18(27)22(28-21)14-19(3,4)24-20(5,6)16(22)17(23)26/h9-13,16,24H,7-8,14H2,1-6H3,(H2,23,26). The van der Waals surface area contributed by atoms with E-state index in [0.717, 1.165) is 5.69 Å². The number of rotatable bonds is 4. The zero-order chi connectivity index (χ0) is 21.0. The second-order valence-electron chi connectivity index (χ2n) is 9.36. The number of carbonyl (C=O) groups excluding carboxylic acids is 2. The third-order valence-electron chi connectivity index (χ3n) is 6.30. The van der Waals surface area contributed by atoms with Crippen LogP contribution in [0.25, 0.3) is 0 Å². The molecule has 0 aromatic heterocycles. The number of benzene rings is 1. The average molecular weight is 388 g/mol. The van der Waals surface area contributed by atoms with Gasteiger partial charge in [0.05, 0.1) is 5.92 Å². The number of nitrogens with one attached hydrogen (secondary N) is 1. The normalized spacial score (nSPS) is 30.6. The summed E-state index contributed by atoms with van der Waals surface area (Å²) in [4.78, 5) is 28.5. The van der Waals surface area contributed by atoms with Crippen molar-refractivity contribution in [2.24, 2.45) is 11.7 Å². The molecule has 2 aliphatic rings. The Hall–Kier alpha value is -1.92. The van der Waals surface area contributed by atoms with E-state index in [9.17, 15) is 9.59 Å². The molecule has 0 saturated carbocycles. The molecule has 2 fully saturated rings. The van der Waals surface area contributed by atoms with Crippen LogP contribution in [-0.2, 0) is 14.3 Å². The van der Waals surface area contributed by atoms with E-state index >= 15 is 0 Å². The Labute approximate surface area is 167 Å². The second-order valence-corrected chi connectivity index (χ2v) is 9.36. The van der Waals surface area contributed by atoms with Gasteiger partial charge in [0.25, 0.3) is 5.91 Å². The maximum atomic E-state index is 14.1. The maximum Gasteiger partial charge on any atom is 0.262 e. The monoisotopic (exact) mass is 387 g/mol. The molecule has 2 unspecified atom stereocenters. The molecule has 1 aromatic rings. The molecule has 2 amide bonds. The summed E-state index contributed by atoms with van der Waals surface area (Å²) in [5.74, 6) is -1.47. The van der Waals surface area contributed by atoms with Crippen molar-refractivity contribution in [3.8, 4) is 0 Å². The molecule has 1 aromatic carbocycles. The first-order chi connectivity index (χ1) is 12.9. The molecule has 3 N–H and O–H groups in total. The number of carbonyl (C=O) groups is 2. The zero-order valence-electron chi connectivity index (χ0n) is 17.8. The summed E-state index contributed by atoms with van der Waals surface area (Å²) < 4.78 is 6.74. The maximum absolute atomic E-state index is 14.1. The van der Waals surface area contributed by atoms with Gasteiger partial charge in [-0.15, -0.1) is 0 Å². The van der Waals surface area contributed by atoms with Crippen molar-refractivity contribution in [2.45, 2.75) is 83.2 Å². The van der Waals surface area contributed by atoms with E-state index < -0.39 is 34.2 Å². The van der Waals surface area contributed by atoms with Gasteiger partial charge in [-0.25, -0.2) is 0 Å². The van der Waals surface area contributed by atoms with Gasteiger partial charge >= 0.3 is 0 Å². The molecule has 2 aliphatic heterocycles. The van der Waals surface area contributed by atoms with Crippen LogP contribution >= 0.6 is 0 Å². The van der Waals surface area contributed by atoms with Crippen LogP contribution in [0.2, 0.25) is 0 Å². The lowest BCUT2D eigenvalue weighted by molar-refractivity contribution is -0.188. The van der Waals surface area contributed by atoms with E-state index in [4.69, 9.17) is 10.5 Å². The van der Waals surface area contributed by atoms with Crippen LogP contribution in [0.3, 0.4) is 0 Å². The van der Waals surface area contributed by atoms with E-state index in [1.807, 2.05) is 71.9 Å². The lowest BCUT2D eigenvalue weighted by atomic mass is 9.64. The number of ether oxygens (including phenoxy) is 1.